The summed E-state index contributed by atoms with van der Waals surface area (Å²) in [5.41, 5.74) is 2.01. The van der Waals surface area contributed by atoms with Gasteiger partial charge in [0.1, 0.15) is 11.5 Å². The molecular formula is C15H16O2S. The molecule has 0 saturated heterocycles. The smallest absolute Gasteiger partial charge is 0.173 e. The molecule has 0 amide bonds. The fraction of sp³-hybridized carbons (Fsp3) is 0.400. The molecule has 1 atom stereocenters. The maximum Gasteiger partial charge on any atom is 0.173 e. The summed E-state index contributed by atoms with van der Waals surface area (Å²) < 4.78 is 5.48. The molecular weight excluding hydrogens is 244 g/mol. The van der Waals surface area contributed by atoms with Gasteiger partial charge in [0.05, 0.1) is 5.56 Å². The van der Waals surface area contributed by atoms with Crippen LogP contribution in [-0.2, 0) is 6.42 Å². The first kappa shape index (κ1) is 11.7. The van der Waals surface area contributed by atoms with E-state index in [0.29, 0.717) is 0 Å². The number of carbonyl (C=O) groups excluding carboxylic acids is 1. The van der Waals surface area contributed by atoms with E-state index in [0.717, 1.165) is 36.3 Å². The quantitative estimate of drug-likeness (QED) is 0.755. The van der Waals surface area contributed by atoms with Gasteiger partial charge in [0.2, 0.25) is 0 Å². The first-order chi connectivity index (χ1) is 8.66. The van der Waals surface area contributed by atoms with Crippen LogP contribution in [-0.4, -0.2) is 5.78 Å². The molecule has 0 fully saturated rings. The molecule has 1 aliphatic rings. The van der Waals surface area contributed by atoms with Crippen molar-refractivity contribution in [1.29, 1.82) is 0 Å². The Morgan fingerprint density at radius 2 is 2.28 bits per heavy atom. The number of rotatable bonds is 2. The molecule has 0 spiro atoms. The second kappa shape index (κ2) is 4.39. The molecule has 0 radical (unpaired) electrons. The zero-order valence-corrected chi connectivity index (χ0v) is 11.5. The first-order valence-electron chi connectivity index (χ1n) is 6.34. The van der Waals surface area contributed by atoms with E-state index in [9.17, 15) is 4.79 Å². The van der Waals surface area contributed by atoms with Gasteiger partial charge < -0.3 is 4.42 Å². The number of fused-ring (bicyclic) bond motifs is 1. The number of aryl methyl sites for hydroxylation is 3. The summed E-state index contributed by atoms with van der Waals surface area (Å²) in [6.07, 6.45) is 3.20. The molecule has 18 heavy (non-hydrogen) atoms. The molecule has 0 bridgehead atoms. The van der Waals surface area contributed by atoms with Gasteiger partial charge in [-0.15, -0.1) is 11.3 Å². The van der Waals surface area contributed by atoms with Crippen molar-refractivity contribution < 1.29 is 9.21 Å². The van der Waals surface area contributed by atoms with Crippen LogP contribution < -0.4 is 0 Å². The average Bonchev–Trinajstić information content (AvgIpc) is 2.94. The third-order valence-electron chi connectivity index (χ3n) is 3.67. The Labute approximate surface area is 111 Å². The number of ketones is 1. The Morgan fingerprint density at radius 3 is 3.00 bits per heavy atom. The van der Waals surface area contributed by atoms with Gasteiger partial charge in [-0.25, -0.2) is 0 Å². The largest absolute Gasteiger partial charge is 0.466 e. The maximum atomic E-state index is 12.6. The van der Waals surface area contributed by atoms with Gasteiger partial charge in [-0.2, -0.15) is 0 Å². The molecule has 0 aliphatic heterocycles. The Kier molecular flexibility index (Phi) is 2.86. The molecule has 2 nitrogen and oxygen atoms in total. The van der Waals surface area contributed by atoms with Crippen molar-refractivity contribution in [3.63, 3.8) is 0 Å². The molecule has 2 heterocycles. The second-order valence-electron chi connectivity index (χ2n) is 4.94. The van der Waals surface area contributed by atoms with Crippen LogP contribution in [0.15, 0.2) is 21.9 Å². The zero-order valence-electron chi connectivity index (χ0n) is 10.7. The van der Waals surface area contributed by atoms with E-state index in [1.54, 1.807) is 11.3 Å². The fourth-order valence-corrected chi connectivity index (χ4v) is 3.81. The summed E-state index contributed by atoms with van der Waals surface area (Å²) >= 11 is 1.78. The maximum absolute atomic E-state index is 12.6. The Hall–Kier alpha value is -1.35. The number of thiophene rings is 1. The highest BCUT2D eigenvalue weighted by Crippen LogP contribution is 2.37. The van der Waals surface area contributed by atoms with E-state index in [2.05, 4.69) is 11.4 Å². The average molecular weight is 260 g/mol. The molecule has 0 saturated carbocycles. The van der Waals surface area contributed by atoms with Gasteiger partial charge in [-0.05, 0) is 56.2 Å². The predicted octanol–water partition coefficient (Wildman–Crippen LogP) is 4.26. The standard InChI is InChI=1S/C15H16O2S/c1-9-8-13(10(2)17-9)15(16)12-4-3-5-14-11(12)6-7-18-14/h6-8,12H,3-5H2,1-2H3. The van der Waals surface area contributed by atoms with Crippen molar-refractivity contribution in [3.8, 4) is 0 Å². The van der Waals surface area contributed by atoms with Crippen LogP contribution in [0.4, 0.5) is 0 Å². The number of furan rings is 1. The van der Waals surface area contributed by atoms with Crippen molar-refractivity contribution in [3.05, 3.63) is 45.0 Å². The van der Waals surface area contributed by atoms with Crippen molar-refractivity contribution in [2.75, 3.05) is 0 Å². The highest BCUT2D eigenvalue weighted by molar-refractivity contribution is 7.10. The van der Waals surface area contributed by atoms with E-state index < -0.39 is 0 Å². The minimum atomic E-state index is 0.0377. The SMILES string of the molecule is Cc1cc(C(=O)C2CCCc3sccc32)c(C)o1. The van der Waals surface area contributed by atoms with Gasteiger partial charge in [-0.1, -0.05) is 0 Å². The third-order valence-corrected chi connectivity index (χ3v) is 4.67. The molecule has 2 aromatic rings. The van der Waals surface area contributed by atoms with Crippen LogP contribution in [0, 0.1) is 13.8 Å². The van der Waals surface area contributed by atoms with E-state index in [1.165, 1.54) is 10.4 Å². The lowest BCUT2D eigenvalue weighted by atomic mass is 9.82. The first-order valence-corrected chi connectivity index (χ1v) is 7.22. The van der Waals surface area contributed by atoms with Gasteiger partial charge >= 0.3 is 0 Å². The fourth-order valence-electron chi connectivity index (χ4n) is 2.82. The summed E-state index contributed by atoms with van der Waals surface area (Å²) in [4.78, 5) is 14.0. The normalized spacial score (nSPS) is 18.7. The summed E-state index contributed by atoms with van der Waals surface area (Å²) in [6.45, 7) is 3.76. The molecule has 0 aromatic carbocycles. The van der Waals surface area contributed by atoms with Gasteiger partial charge in [0, 0.05) is 10.8 Å². The topological polar surface area (TPSA) is 30.2 Å². The second-order valence-corrected chi connectivity index (χ2v) is 5.94. The molecule has 0 N–H and O–H groups in total. The summed E-state index contributed by atoms with van der Waals surface area (Å²) in [5.74, 6) is 1.83. The highest BCUT2D eigenvalue weighted by atomic mass is 32.1. The van der Waals surface area contributed by atoms with E-state index >= 15 is 0 Å². The lowest BCUT2D eigenvalue weighted by molar-refractivity contribution is 0.0950. The van der Waals surface area contributed by atoms with E-state index in [-0.39, 0.29) is 11.7 Å². The number of carbonyl (C=O) groups is 1. The highest BCUT2D eigenvalue weighted by Gasteiger charge is 2.29. The Balaban J connectivity index is 1.98. The third kappa shape index (κ3) is 1.83. The predicted molar refractivity (Wildman–Crippen MR) is 72.5 cm³/mol. The summed E-state index contributed by atoms with van der Waals surface area (Å²) in [7, 11) is 0. The van der Waals surface area contributed by atoms with Crippen molar-refractivity contribution in [2.24, 2.45) is 0 Å². The van der Waals surface area contributed by atoms with Crippen LogP contribution >= 0.6 is 11.3 Å². The minimum Gasteiger partial charge on any atom is -0.466 e. The van der Waals surface area contributed by atoms with E-state index in [4.69, 9.17) is 4.42 Å². The molecule has 2 aromatic heterocycles. The molecule has 3 heteroatoms. The van der Waals surface area contributed by atoms with Crippen LogP contribution in [0.2, 0.25) is 0 Å². The summed E-state index contributed by atoms with van der Waals surface area (Å²) in [6, 6.07) is 3.99. The van der Waals surface area contributed by atoms with Crippen molar-refractivity contribution >= 4 is 17.1 Å². The zero-order chi connectivity index (χ0) is 12.7. The lowest BCUT2D eigenvalue weighted by Crippen LogP contribution is -2.17. The lowest BCUT2D eigenvalue weighted by Gasteiger charge is -2.21. The number of Topliss-reactive ketones (excluding diaryl/α,β-unsaturated/α-hetero) is 1. The van der Waals surface area contributed by atoms with Gasteiger partial charge in [0.25, 0.3) is 0 Å². The number of hydrogen-bond donors (Lipinski definition) is 0. The Bertz CT molecular complexity index is 591. The minimum absolute atomic E-state index is 0.0377. The van der Waals surface area contributed by atoms with Crippen LogP contribution in [0.1, 0.15) is 51.1 Å². The van der Waals surface area contributed by atoms with Gasteiger partial charge in [-0.3, -0.25) is 4.79 Å². The Morgan fingerprint density at radius 1 is 1.44 bits per heavy atom. The van der Waals surface area contributed by atoms with Crippen molar-refractivity contribution in [2.45, 2.75) is 39.0 Å². The molecule has 3 rings (SSSR count). The van der Waals surface area contributed by atoms with Crippen molar-refractivity contribution in [1.82, 2.24) is 0 Å². The van der Waals surface area contributed by atoms with Gasteiger partial charge in [0.15, 0.2) is 5.78 Å². The summed E-state index contributed by atoms with van der Waals surface area (Å²) in [5, 5.41) is 2.10. The van der Waals surface area contributed by atoms with E-state index in [1.807, 2.05) is 19.9 Å². The van der Waals surface area contributed by atoms with Crippen LogP contribution in [0.3, 0.4) is 0 Å². The molecule has 94 valence electrons. The molecule has 1 aliphatic carbocycles. The van der Waals surface area contributed by atoms with Crippen LogP contribution in [0.25, 0.3) is 0 Å². The number of hydrogen-bond acceptors (Lipinski definition) is 3. The monoisotopic (exact) mass is 260 g/mol. The molecule has 1 unspecified atom stereocenters. The van der Waals surface area contributed by atoms with Crippen LogP contribution in [0.5, 0.6) is 0 Å².